The Kier molecular flexibility index (Phi) is 7.32. The number of anilines is 3. The molecule has 0 radical (unpaired) electrons. The molecule has 2 aromatic carbocycles. The van der Waals surface area contributed by atoms with E-state index in [1.807, 2.05) is 31.2 Å². The fraction of sp³-hybridized carbons (Fsp3) is 0.440. The van der Waals surface area contributed by atoms with Crippen LogP contribution in [0.1, 0.15) is 33.6 Å². The molecule has 1 atom stereocenters. The first-order valence-electron chi connectivity index (χ1n) is 11.8. The highest BCUT2D eigenvalue weighted by molar-refractivity contribution is 7.92. The molecule has 0 saturated carbocycles. The van der Waals surface area contributed by atoms with E-state index in [9.17, 15) is 18.0 Å². The third-order valence-electron chi connectivity index (χ3n) is 6.26. The number of nitrogens with one attached hydrogen (secondary N) is 1. The highest BCUT2D eigenvalue weighted by atomic mass is 32.2. The average Bonchev–Trinajstić information content (AvgIpc) is 2.83. The van der Waals surface area contributed by atoms with Gasteiger partial charge in [0.1, 0.15) is 6.10 Å². The summed E-state index contributed by atoms with van der Waals surface area (Å²) in [4.78, 5) is 28.9. The summed E-state index contributed by atoms with van der Waals surface area (Å²) in [6, 6.07) is 12.4. The topological polar surface area (TPSA) is 105 Å². The second kappa shape index (κ2) is 10.2. The van der Waals surface area contributed by atoms with Crippen LogP contribution in [0.2, 0.25) is 0 Å². The Morgan fingerprint density at radius 3 is 2.49 bits per heavy atom. The van der Waals surface area contributed by atoms with Crippen LogP contribution in [-0.4, -0.2) is 58.1 Å². The average molecular weight is 502 g/mol. The van der Waals surface area contributed by atoms with Gasteiger partial charge in [0.15, 0.2) is 0 Å². The summed E-state index contributed by atoms with van der Waals surface area (Å²) in [6.45, 7) is 6.40. The van der Waals surface area contributed by atoms with Gasteiger partial charge in [0, 0.05) is 32.0 Å². The maximum Gasteiger partial charge on any atom is 0.414 e. The lowest BCUT2D eigenvalue weighted by Crippen LogP contribution is -2.52. The third kappa shape index (κ3) is 5.59. The van der Waals surface area contributed by atoms with Crippen molar-refractivity contribution >= 4 is 39.1 Å². The minimum atomic E-state index is -3.42. The molecular weight excluding hydrogens is 470 g/mol. The molecule has 0 aliphatic carbocycles. The second-order valence-corrected chi connectivity index (χ2v) is 10.8. The number of sulfonamides is 1. The van der Waals surface area contributed by atoms with Crippen molar-refractivity contribution in [3.05, 3.63) is 42.5 Å². The van der Waals surface area contributed by atoms with Crippen molar-refractivity contribution in [3.63, 3.8) is 0 Å². The molecule has 10 heteroatoms. The van der Waals surface area contributed by atoms with Gasteiger partial charge in [-0.2, -0.15) is 0 Å². The molecule has 35 heavy (non-hydrogen) atoms. The number of carbonyl (C=O) groups excluding carboxylic acids is 2. The van der Waals surface area contributed by atoms with Gasteiger partial charge < -0.3 is 14.4 Å². The summed E-state index contributed by atoms with van der Waals surface area (Å²) in [5.41, 5.74) is 3.22. The van der Waals surface area contributed by atoms with Gasteiger partial charge in [0.05, 0.1) is 36.4 Å². The summed E-state index contributed by atoms with van der Waals surface area (Å²) < 4.78 is 37.7. The Bertz CT molecular complexity index is 1210. The Hall–Kier alpha value is -3.11. The number of amides is 2. The van der Waals surface area contributed by atoms with Crippen LogP contribution < -0.4 is 14.5 Å². The fourth-order valence-corrected chi connectivity index (χ4v) is 5.10. The zero-order valence-electron chi connectivity index (χ0n) is 20.2. The van der Waals surface area contributed by atoms with Crippen molar-refractivity contribution in [2.75, 3.05) is 40.0 Å². The molecule has 1 fully saturated rings. The number of hydrogen-bond acceptors (Lipinski definition) is 6. The normalized spacial score (nSPS) is 18.7. The summed E-state index contributed by atoms with van der Waals surface area (Å²) in [7, 11) is -3.42. The number of ether oxygens (including phenoxy) is 2. The molecule has 188 valence electrons. The first-order chi connectivity index (χ1) is 16.7. The first kappa shape index (κ1) is 25.0. The first-order valence-corrected chi connectivity index (χ1v) is 13.4. The van der Waals surface area contributed by atoms with Gasteiger partial charge in [-0.05, 0) is 49.2 Å². The number of fused-ring (bicyclic) bond motifs is 1. The molecule has 0 aromatic heterocycles. The Labute approximate surface area is 206 Å². The smallest absolute Gasteiger partial charge is 0.414 e. The molecule has 2 aliphatic heterocycles. The van der Waals surface area contributed by atoms with Crippen molar-refractivity contribution in [2.45, 2.75) is 45.8 Å². The molecule has 9 nitrogen and oxygen atoms in total. The van der Waals surface area contributed by atoms with Crippen molar-refractivity contribution in [2.24, 2.45) is 0 Å². The third-order valence-corrected chi connectivity index (χ3v) is 7.56. The van der Waals surface area contributed by atoms with Crippen LogP contribution in [0.4, 0.5) is 21.9 Å². The van der Waals surface area contributed by atoms with Gasteiger partial charge in [0.25, 0.3) is 0 Å². The van der Waals surface area contributed by atoms with E-state index >= 15 is 0 Å². The molecule has 0 unspecified atom stereocenters. The lowest BCUT2D eigenvalue weighted by Gasteiger charge is -2.41. The maximum atomic E-state index is 13.2. The molecule has 2 heterocycles. The largest absolute Gasteiger partial charge is 0.446 e. The van der Waals surface area contributed by atoms with Crippen molar-refractivity contribution in [1.82, 2.24) is 0 Å². The highest BCUT2D eigenvalue weighted by Crippen LogP contribution is 2.39. The molecule has 0 bridgehead atoms. The SMILES string of the molecule is CCS(=O)(=O)Nc1cccc(-c2ccc3c(c2)N(C(=O)OC2CCOCC2)C[C@H](C)N3C(C)=O)c1. The summed E-state index contributed by atoms with van der Waals surface area (Å²) in [6.07, 6.45) is 0.659. The monoisotopic (exact) mass is 501 g/mol. The molecule has 1 saturated heterocycles. The number of hydrogen-bond donors (Lipinski definition) is 1. The molecule has 0 spiro atoms. The number of rotatable bonds is 5. The van der Waals surface area contributed by atoms with E-state index < -0.39 is 16.1 Å². The molecule has 2 aromatic rings. The summed E-state index contributed by atoms with van der Waals surface area (Å²) >= 11 is 0. The van der Waals surface area contributed by atoms with Gasteiger partial charge >= 0.3 is 6.09 Å². The van der Waals surface area contributed by atoms with Crippen LogP contribution in [0, 0.1) is 0 Å². The molecule has 2 aliphatic rings. The Morgan fingerprint density at radius 2 is 1.80 bits per heavy atom. The van der Waals surface area contributed by atoms with Gasteiger partial charge in [-0.15, -0.1) is 0 Å². The van der Waals surface area contributed by atoms with Crippen LogP contribution in [-0.2, 0) is 24.3 Å². The predicted octanol–water partition coefficient (Wildman–Crippen LogP) is 3.99. The van der Waals surface area contributed by atoms with E-state index in [1.165, 1.54) is 6.92 Å². The van der Waals surface area contributed by atoms with Crippen LogP contribution in [0.15, 0.2) is 42.5 Å². The zero-order chi connectivity index (χ0) is 25.2. The quantitative estimate of drug-likeness (QED) is 0.664. The standard InChI is InChI=1S/C25H31N3O6S/c1-4-35(31,32)26-21-7-5-6-19(14-21)20-8-9-23-24(15-20)27(16-17(2)28(23)18(3)29)25(30)34-22-10-12-33-13-11-22/h5-9,14-15,17,22,26H,4,10-13,16H2,1-3H3/t17-/m0/s1. The Morgan fingerprint density at radius 1 is 1.09 bits per heavy atom. The van der Waals surface area contributed by atoms with Gasteiger partial charge in [-0.3, -0.25) is 14.4 Å². The molecular formula is C25H31N3O6S. The summed E-state index contributed by atoms with van der Waals surface area (Å²) in [5.74, 6) is -0.140. The van der Waals surface area contributed by atoms with Crippen molar-refractivity contribution < 1.29 is 27.5 Å². The van der Waals surface area contributed by atoms with E-state index in [0.717, 1.165) is 11.1 Å². The molecule has 4 rings (SSSR count). The van der Waals surface area contributed by atoms with Crippen molar-refractivity contribution in [3.8, 4) is 11.1 Å². The van der Waals surface area contributed by atoms with Crippen LogP contribution >= 0.6 is 0 Å². The van der Waals surface area contributed by atoms with Gasteiger partial charge in [0.2, 0.25) is 15.9 Å². The lowest BCUT2D eigenvalue weighted by molar-refractivity contribution is -0.117. The molecule has 1 N–H and O–H groups in total. The Balaban J connectivity index is 1.70. The van der Waals surface area contributed by atoms with Crippen LogP contribution in [0.25, 0.3) is 11.1 Å². The van der Waals surface area contributed by atoms with Gasteiger partial charge in [-0.1, -0.05) is 18.2 Å². The predicted molar refractivity (Wildman–Crippen MR) is 135 cm³/mol. The zero-order valence-corrected chi connectivity index (χ0v) is 21.0. The lowest BCUT2D eigenvalue weighted by atomic mass is 10.0. The number of nitrogens with zero attached hydrogens (tertiary/aromatic N) is 2. The van der Waals surface area contributed by atoms with E-state index in [0.29, 0.717) is 49.7 Å². The summed E-state index contributed by atoms with van der Waals surface area (Å²) in [5, 5.41) is 0. The van der Waals surface area contributed by atoms with Crippen molar-refractivity contribution in [1.29, 1.82) is 0 Å². The minimum absolute atomic E-state index is 0.0284. The minimum Gasteiger partial charge on any atom is -0.446 e. The van der Waals surface area contributed by atoms with Gasteiger partial charge in [-0.25, -0.2) is 13.2 Å². The van der Waals surface area contributed by atoms with Crippen LogP contribution in [0.5, 0.6) is 0 Å². The van der Waals surface area contributed by atoms with E-state index in [2.05, 4.69) is 4.72 Å². The number of carbonyl (C=O) groups is 2. The van der Waals surface area contributed by atoms with Crippen LogP contribution in [0.3, 0.4) is 0 Å². The van der Waals surface area contributed by atoms with E-state index in [-0.39, 0.29) is 23.8 Å². The van der Waals surface area contributed by atoms with E-state index in [1.54, 1.807) is 34.9 Å². The second-order valence-electron chi connectivity index (χ2n) is 8.83. The highest BCUT2D eigenvalue weighted by Gasteiger charge is 2.35. The maximum absolute atomic E-state index is 13.2. The van der Waals surface area contributed by atoms with E-state index in [4.69, 9.17) is 9.47 Å². The fourth-order valence-electron chi connectivity index (χ4n) is 4.47. The number of benzene rings is 2. The molecule has 2 amide bonds.